The van der Waals surface area contributed by atoms with Gasteiger partial charge in [0.25, 0.3) is 0 Å². The summed E-state index contributed by atoms with van der Waals surface area (Å²) in [6.07, 6.45) is 9.68. The molecule has 0 aliphatic heterocycles. The molecule has 0 radical (unpaired) electrons. The number of aryl methyl sites for hydroxylation is 2. The van der Waals surface area contributed by atoms with Crippen molar-refractivity contribution in [3.63, 3.8) is 0 Å². The molecule has 0 bridgehead atoms. The molecule has 8 aromatic carbocycles. The molecule has 2 heteroatoms. The molecular formula is C60H53SiZr. The van der Waals surface area contributed by atoms with Crippen LogP contribution in [-0.2, 0) is 33.8 Å². The molecular weight excluding hydrogens is 840 g/mol. The van der Waals surface area contributed by atoms with E-state index in [0.717, 1.165) is 25.7 Å². The van der Waals surface area contributed by atoms with Gasteiger partial charge in [-0.25, -0.2) is 0 Å². The fraction of sp³-hybridized carbons (Fsp3) is 0.133. The number of allylic oxidation sites excluding steroid dienone is 2. The van der Waals surface area contributed by atoms with Gasteiger partial charge in [0.15, 0.2) is 0 Å². The zero-order chi connectivity index (χ0) is 41.8. The summed E-state index contributed by atoms with van der Waals surface area (Å²) in [6.45, 7) is 5.47. The second-order valence-corrected chi connectivity index (χ2v) is 37.4. The summed E-state index contributed by atoms with van der Waals surface area (Å²) < 4.78 is 0.920. The van der Waals surface area contributed by atoms with Crippen LogP contribution in [0.15, 0.2) is 217 Å². The topological polar surface area (TPSA) is 0 Å². The van der Waals surface area contributed by atoms with E-state index in [2.05, 4.69) is 232 Å². The van der Waals surface area contributed by atoms with E-state index >= 15 is 0 Å². The van der Waals surface area contributed by atoms with Gasteiger partial charge < -0.3 is 0 Å². The van der Waals surface area contributed by atoms with Crippen molar-refractivity contribution in [3.8, 4) is 44.5 Å². The van der Waals surface area contributed by atoms with Crippen molar-refractivity contribution >= 4 is 18.1 Å². The molecule has 0 fully saturated rings. The summed E-state index contributed by atoms with van der Waals surface area (Å²) in [5.74, 6) is -1.28. The Hall–Kier alpha value is -5.66. The Morgan fingerprint density at radius 2 is 0.629 bits per heavy atom. The average Bonchev–Trinajstić information content (AvgIpc) is 3.90. The SMILES string of the molecule is C[SiH](C)[Zr]([CH]1C(CCc2ccccc2)=Cc2c(-c3ccccc3)ccc(-c3ccccc3)c21)[CH]1C(CCc2ccccc2)=Cc2c(-c3ccccc3)ccc(-c3ccccc3)c21. The van der Waals surface area contributed by atoms with Crippen LogP contribution in [0.3, 0.4) is 0 Å². The van der Waals surface area contributed by atoms with E-state index in [4.69, 9.17) is 0 Å². The zero-order valence-electron chi connectivity index (χ0n) is 35.8. The van der Waals surface area contributed by atoms with Crippen molar-refractivity contribution in [2.24, 2.45) is 0 Å². The van der Waals surface area contributed by atoms with Crippen molar-refractivity contribution in [1.82, 2.24) is 0 Å². The summed E-state index contributed by atoms with van der Waals surface area (Å²) >= 11 is -2.70. The molecule has 62 heavy (non-hydrogen) atoms. The average molecular weight is 893 g/mol. The van der Waals surface area contributed by atoms with Crippen molar-refractivity contribution in [3.05, 3.63) is 251 Å². The molecule has 0 N–H and O–H groups in total. The van der Waals surface area contributed by atoms with E-state index in [0.29, 0.717) is 7.25 Å². The summed E-state index contributed by atoms with van der Waals surface area (Å²) in [6, 6.07) is 77.3. The van der Waals surface area contributed by atoms with E-state index in [9.17, 15) is 0 Å². The minimum atomic E-state index is -2.70. The first-order valence-electron chi connectivity index (χ1n) is 22.5. The van der Waals surface area contributed by atoms with Crippen LogP contribution in [0.25, 0.3) is 56.7 Å². The van der Waals surface area contributed by atoms with Crippen LogP contribution in [0.2, 0.25) is 13.1 Å². The predicted molar refractivity (Wildman–Crippen MR) is 264 cm³/mol. The Labute approximate surface area is 377 Å². The molecule has 10 rings (SSSR count). The molecule has 2 aliphatic rings. The molecule has 0 amide bonds. The third kappa shape index (κ3) is 8.08. The molecule has 0 aromatic heterocycles. The van der Waals surface area contributed by atoms with Crippen LogP contribution in [-0.4, -0.2) is 5.92 Å². The summed E-state index contributed by atoms with van der Waals surface area (Å²) in [7, 11) is 0. The Morgan fingerprint density at radius 3 is 0.952 bits per heavy atom. The van der Waals surface area contributed by atoms with E-state index in [1.54, 1.807) is 22.3 Å². The fourth-order valence-corrected chi connectivity index (χ4v) is 33.4. The molecule has 0 spiro atoms. The first-order valence-corrected chi connectivity index (χ1v) is 32.5. The molecule has 2 atom stereocenters. The fourth-order valence-electron chi connectivity index (χ4n) is 10.5. The Kier molecular flexibility index (Phi) is 12.0. The molecule has 0 nitrogen and oxygen atoms in total. The maximum atomic E-state index is 2.74. The van der Waals surface area contributed by atoms with Gasteiger partial charge in [0.05, 0.1) is 0 Å². The first kappa shape index (κ1) is 40.4. The minimum absolute atomic E-state index is 0.460. The van der Waals surface area contributed by atoms with Crippen LogP contribution in [0, 0.1) is 0 Å². The number of benzene rings is 8. The second-order valence-electron chi connectivity index (χ2n) is 17.4. The van der Waals surface area contributed by atoms with Crippen molar-refractivity contribution < 1.29 is 20.9 Å². The summed E-state index contributed by atoms with van der Waals surface area (Å²) in [5, 5.41) is 0. The van der Waals surface area contributed by atoms with Crippen LogP contribution in [0.1, 0.15) is 53.5 Å². The zero-order valence-corrected chi connectivity index (χ0v) is 39.5. The molecule has 2 aliphatic carbocycles. The third-order valence-electron chi connectivity index (χ3n) is 13.3. The van der Waals surface area contributed by atoms with Gasteiger partial charge in [0.1, 0.15) is 0 Å². The number of hydrogen-bond donors (Lipinski definition) is 0. The Morgan fingerprint density at radius 1 is 0.339 bits per heavy atom. The molecule has 301 valence electrons. The van der Waals surface area contributed by atoms with Gasteiger partial charge in [-0.05, 0) is 0 Å². The predicted octanol–water partition coefficient (Wildman–Crippen LogP) is 15.8. The number of rotatable bonds is 13. The second kappa shape index (κ2) is 18.4. The van der Waals surface area contributed by atoms with Crippen molar-refractivity contribution in [2.45, 2.75) is 46.0 Å². The molecule has 0 saturated carbocycles. The Bertz CT molecular complexity index is 2650. The monoisotopic (exact) mass is 891 g/mol. The number of hydrogen-bond acceptors (Lipinski definition) is 0. The Balaban J connectivity index is 1.23. The van der Waals surface area contributed by atoms with Crippen LogP contribution < -0.4 is 0 Å². The standard InChI is InChI=1S/2C29H23.C2H7Si.Zr/c2*1-4-10-22(11-5-1)16-17-23-20-28-26(24-12-6-2-7-13-24)18-19-27(29(28)21-23)25-14-8-3-9-15-25;1-3-2;/h2*1-15,18-21H,16-17H2;3H,1-2H3;. The van der Waals surface area contributed by atoms with E-state index in [1.807, 2.05) is 0 Å². The van der Waals surface area contributed by atoms with Gasteiger partial charge in [-0.15, -0.1) is 0 Å². The van der Waals surface area contributed by atoms with E-state index < -0.39 is 26.8 Å². The molecule has 0 saturated heterocycles. The maximum absolute atomic E-state index is 2.74. The van der Waals surface area contributed by atoms with Crippen LogP contribution in [0.4, 0.5) is 0 Å². The quantitative estimate of drug-likeness (QED) is 0.101. The third-order valence-corrected chi connectivity index (χ3v) is 34.9. The summed E-state index contributed by atoms with van der Waals surface area (Å²) in [5.41, 5.74) is 23.3. The van der Waals surface area contributed by atoms with Gasteiger partial charge in [-0.2, -0.15) is 0 Å². The summed E-state index contributed by atoms with van der Waals surface area (Å²) in [4.78, 5) is 0. The number of fused-ring (bicyclic) bond motifs is 2. The van der Waals surface area contributed by atoms with E-state index in [1.165, 1.54) is 66.8 Å². The molecule has 2 unspecified atom stereocenters. The van der Waals surface area contributed by atoms with Gasteiger partial charge in [-0.3, -0.25) is 0 Å². The first-order chi connectivity index (χ1) is 30.6. The van der Waals surface area contributed by atoms with Crippen LogP contribution in [0.5, 0.6) is 0 Å². The van der Waals surface area contributed by atoms with Gasteiger partial charge in [-0.1, -0.05) is 0 Å². The molecule has 8 aromatic rings. The van der Waals surface area contributed by atoms with Gasteiger partial charge in [0, 0.05) is 0 Å². The molecule has 0 heterocycles. The van der Waals surface area contributed by atoms with Crippen molar-refractivity contribution in [1.29, 1.82) is 0 Å². The van der Waals surface area contributed by atoms with Gasteiger partial charge >= 0.3 is 380 Å². The van der Waals surface area contributed by atoms with Gasteiger partial charge in [0.2, 0.25) is 0 Å². The normalized spacial score (nSPS) is 15.2. The van der Waals surface area contributed by atoms with Crippen molar-refractivity contribution in [2.75, 3.05) is 0 Å². The van der Waals surface area contributed by atoms with E-state index in [-0.39, 0.29) is 0 Å². The van der Waals surface area contributed by atoms with Crippen LogP contribution >= 0.6 is 0 Å².